The van der Waals surface area contributed by atoms with Crippen molar-refractivity contribution >= 4 is 5.91 Å². The molecular formula is C13H22N2O3. The number of rotatable bonds is 7. The Balaban J connectivity index is 2.68. The largest absolute Gasteiger partial charge is 0.394 e. The summed E-state index contributed by atoms with van der Waals surface area (Å²) < 4.78 is 6.84. The Morgan fingerprint density at radius 2 is 2.28 bits per heavy atom. The van der Waals surface area contributed by atoms with Crippen LogP contribution in [0.4, 0.5) is 0 Å². The van der Waals surface area contributed by atoms with Gasteiger partial charge in [-0.1, -0.05) is 13.8 Å². The molecule has 5 heteroatoms. The third-order valence-electron chi connectivity index (χ3n) is 2.92. The number of methoxy groups -OCH3 is 1. The van der Waals surface area contributed by atoms with Crippen molar-refractivity contribution in [3.63, 3.8) is 0 Å². The van der Waals surface area contributed by atoms with Crippen molar-refractivity contribution in [2.24, 2.45) is 5.92 Å². The minimum Gasteiger partial charge on any atom is -0.394 e. The van der Waals surface area contributed by atoms with Crippen molar-refractivity contribution in [2.75, 3.05) is 20.3 Å². The van der Waals surface area contributed by atoms with E-state index in [0.29, 0.717) is 18.8 Å². The van der Waals surface area contributed by atoms with Gasteiger partial charge in [0.05, 0.1) is 19.3 Å². The van der Waals surface area contributed by atoms with E-state index in [1.807, 2.05) is 30.7 Å². The van der Waals surface area contributed by atoms with E-state index in [9.17, 15) is 9.90 Å². The number of nitrogens with one attached hydrogen (secondary N) is 1. The van der Waals surface area contributed by atoms with Crippen LogP contribution >= 0.6 is 0 Å². The van der Waals surface area contributed by atoms with E-state index in [4.69, 9.17) is 4.74 Å². The highest BCUT2D eigenvalue weighted by Gasteiger charge is 2.18. The van der Waals surface area contributed by atoms with E-state index >= 15 is 0 Å². The molecule has 0 aromatic carbocycles. The number of hydrogen-bond donors (Lipinski definition) is 2. The Hall–Kier alpha value is -1.33. The fourth-order valence-electron chi connectivity index (χ4n) is 1.67. The van der Waals surface area contributed by atoms with E-state index in [0.717, 1.165) is 0 Å². The van der Waals surface area contributed by atoms with E-state index in [1.165, 1.54) is 0 Å². The maximum Gasteiger partial charge on any atom is 0.268 e. The highest BCUT2D eigenvalue weighted by atomic mass is 16.5. The van der Waals surface area contributed by atoms with Crippen molar-refractivity contribution in [1.29, 1.82) is 0 Å². The summed E-state index contributed by atoms with van der Waals surface area (Å²) in [6.07, 6.45) is 1.84. The molecule has 0 fully saturated rings. The number of carbonyl (C=O) groups excluding carboxylic acids is 1. The fourth-order valence-corrected chi connectivity index (χ4v) is 1.67. The first-order valence-corrected chi connectivity index (χ1v) is 6.16. The zero-order chi connectivity index (χ0) is 13.5. The zero-order valence-electron chi connectivity index (χ0n) is 11.2. The van der Waals surface area contributed by atoms with Crippen LogP contribution in [0.1, 0.15) is 24.3 Å². The smallest absolute Gasteiger partial charge is 0.268 e. The van der Waals surface area contributed by atoms with Crippen LogP contribution in [0, 0.1) is 5.92 Å². The molecule has 1 aromatic heterocycles. The molecule has 0 aliphatic heterocycles. The molecule has 0 radical (unpaired) electrons. The van der Waals surface area contributed by atoms with Crippen LogP contribution < -0.4 is 5.32 Å². The zero-order valence-corrected chi connectivity index (χ0v) is 11.2. The van der Waals surface area contributed by atoms with Crippen molar-refractivity contribution < 1.29 is 14.6 Å². The number of carbonyl (C=O) groups is 1. The maximum absolute atomic E-state index is 12.1. The van der Waals surface area contributed by atoms with Gasteiger partial charge in [0.2, 0.25) is 0 Å². The quantitative estimate of drug-likeness (QED) is 0.759. The van der Waals surface area contributed by atoms with Gasteiger partial charge < -0.3 is 19.7 Å². The van der Waals surface area contributed by atoms with E-state index in [1.54, 1.807) is 13.2 Å². The second-order valence-corrected chi connectivity index (χ2v) is 4.59. The lowest BCUT2D eigenvalue weighted by molar-refractivity contribution is 0.0885. The van der Waals surface area contributed by atoms with Gasteiger partial charge in [-0.05, 0) is 18.1 Å². The Labute approximate surface area is 108 Å². The number of ether oxygens (including phenoxy) is 1. The number of aromatic nitrogens is 1. The van der Waals surface area contributed by atoms with Crippen LogP contribution in [0.3, 0.4) is 0 Å². The maximum atomic E-state index is 12.1. The van der Waals surface area contributed by atoms with Gasteiger partial charge in [-0.3, -0.25) is 4.79 Å². The molecule has 1 heterocycles. The van der Waals surface area contributed by atoms with E-state index < -0.39 is 0 Å². The third kappa shape index (κ3) is 3.85. The third-order valence-corrected chi connectivity index (χ3v) is 2.92. The summed E-state index contributed by atoms with van der Waals surface area (Å²) in [5.41, 5.74) is 0.589. The van der Waals surface area contributed by atoms with Gasteiger partial charge in [0.1, 0.15) is 5.69 Å². The van der Waals surface area contributed by atoms with Crippen molar-refractivity contribution in [2.45, 2.75) is 26.4 Å². The molecule has 0 spiro atoms. The summed E-state index contributed by atoms with van der Waals surface area (Å²) in [4.78, 5) is 12.1. The number of amides is 1. The molecule has 2 N–H and O–H groups in total. The average Bonchev–Trinajstić information content (AvgIpc) is 2.80. The molecule has 1 atom stereocenters. The molecular weight excluding hydrogens is 232 g/mol. The van der Waals surface area contributed by atoms with E-state index in [-0.39, 0.29) is 24.5 Å². The van der Waals surface area contributed by atoms with Gasteiger partial charge >= 0.3 is 0 Å². The van der Waals surface area contributed by atoms with Gasteiger partial charge in [-0.15, -0.1) is 0 Å². The van der Waals surface area contributed by atoms with Gasteiger partial charge in [0, 0.05) is 19.9 Å². The van der Waals surface area contributed by atoms with Gasteiger partial charge in [-0.25, -0.2) is 0 Å². The van der Waals surface area contributed by atoms with Gasteiger partial charge in [0.15, 0.2) is 0 Å². The first kappa shape index (κ1) is 14.7. The van der Waals surface area contributed by atoms with Crippen LogP contribution in [0.2, 0.25) is 0 Å². The van der Waals surface area contributed by atoms with Crippen LogP contribution in [-0.4, -0.2) is 41.9 Å². The first-order chi connectivity index (χ1) is 8.60. The predicted molar refractivity (Wildman–Crippen MR) is 69.5 cm³/mol. The van der Waals surface area contributed by atoms with Crippen molar-refractivity contribution in [3.05, 3.63) is 24.0 Å². The highest BCUT2D eigenvalue weighted by molar-refractivity contribution is 5.92. The monoisotopic (exact) mass is 254 g/mol. The Morgan fingerprint density at radius 3 is 2.83 bits per heavy atom. The van der Waals surface area contributed by atoms with Crippen molar-refractivity contribution in [1.82, 2.24) is 9.88 Å². The van der Waals surface area contributed by atoms with Crippen LogP contribution in [0.15, 0.2) is 18.3 Å². The topological polar surface area (TPSA) is 63.5 Å². The fraction of sp³-hybridized carbons (Fsp3) is 0.615. The first-order valence-electron chi connectivity index (χ1n) is 6.16. The number of hydrogen-bond acceptors (Lipinski definition) is 3. The molecule has 1 aromatic rings. The Bertz CT molecular complexity index is 374. The lowest BCUT2D eigenvalue weighted by Gasteiger charge is -2.20. The summed E-state index contributed by atoms with van der Waals surface area (Å²) in [5, 5.41) is 12.0. The highest BCUT2D eigenvalue weighted by Crippen LogP contribution is 2.06. The molecule has 1 amide bonds. The lowest BCUT2D eigenvalue weighted by atomic mass is 10.1. The second-order valence-electron chi connectivity index (χ2n) is 4.59. The molecule has 0 aliphatic rings. The predicted octanol–water partition coefficient (Wildman–Crippen LogP) is 0.881. The number of aliphatic hydroxyl groups excluding tert-OH is 1. The van der Waals surface area contributed by atoms with Gasteiger partial charge in [-0.2, -0.15) is 0 Å². The normalized spacial score (nSPS) is 12.7. The number of aliphatic hydroxyl groups is 1. The van der Waals surface area contributed by atoms with Crippen LogP contribution in [0.25, 0.3) is 0 Å². The molecule has 5 nitrogen and oxygen atoms in total. The Morgan fingerprint density at radius 1 is 1.56 bits per heavy atom. The molecule has 0 saturated heterocycles. The molecule has 0 saturated carbocycles. The molecule has 102 valence electrons. The Kier molecular flexibility index (Phi) is 5.88. The summed E-state index contributed by atoms with van der Waals surface area (Å²) in [6, 6.07) is 3.37. The summed E-state index contributed by atoms with van der Waals surface area (Å²) in [7, 11) is 1.63. The SMILES string of the molecule is COCCn1cccc1C(=O)NC(CO)C(C)C. The summed E-state index contributed by atoms with van der Waals surface area (Å²) in [6.45, 7) is 5.07. The molecule has 1 rings (SSSR count). The lowest BCUT2D eigenvalue weighted by Crippen LogP contribution is -2.41. The van der Waals surface area contributed by atoms with Gasteiger partial charge in [0.25, 0.3) is 5.91 Å². The number of nitrogens with zero attached hydrogens (tertiary/aromatic N) is 1. The van der Waals surface area contributed by atoms with Crippen LogP contribution in [-0.2, 0) is 11.3 Å². The minimum absolute atomic E-state index is 0.0534. The standard InChI is InChI=1S/C13H22N2O3/c1-10(2)11(9-16)14-13(17)12-5-4-6-15(12)7-8-18-3/h4-6,10-11,16H,7-9H2,1-3H3,(H,14,17). The molecule has 0 aliphatic carbocycles. The molecule has 1 unspecified atom stereocenters. The summed E-state index contributed by atoms with van der Waals surface area (Å²) in [5.74, 6) is 0.0326. The average molecular weight is 254 g/mol. The second kappa shape index (κ2) is 7.18. The van der Waals surface area contributed by atoms with E-state index in [2.05, 4.69) is 5.32 Å². The van der Waals surface area contributed by atoms with Crippen LogP contribution in [0.5, 0.6) is 0 Å². The molecule has 18 heavy (non-hydrogen) atoms. The minimum atomic E-state index is -0.219. The van der Waals surface area contributed by atoms with Crippen molar-refractivity contribution in [3.8, 4) is 0 Å². The molecule has 0 bridgehead atoms. The summed E-state index contributed by atoms with van der Waals surface area (Å²) >= 11 is 0.